The van der Waals surface area contributed by atoms with Crippen LogP contribution in [0.2, 0.25) is 0 Å². The molecule has 106 valence electrons. The van der Waals surface area contributed by atoms with Crippen molar-refractivity contribution in [3.8, 4) is 0 Å². The van der Waals surface area contributed by atoms with Gasteiger partial charge in [0.2, 0.25) is 0 Å². The van der Waals surface area contributed by atoms with Gasteiger partial charge in [0.15, 0.2) is 0 Å². The highest BCUT2D eigenvalue weighted by Crippen LogP contribution is 2.17. The molecule has 0 fully saturated rings. The molecule has 0 spiro atoms. The van der Waals surface area contributed by atoms with Gasteiger partial charge in [-0.25, -0.2) is 0 Å². The Hall–Kier alpha value is -2.36. The van der Waals surface area contributed by atoms with Crippen LogP contribution in [-0.4, -0.2) is 25.1 Å². The van der Waals surface area contributed by atoms with E-state index >= 15 is 0 Å². The maximum atomic E-state index is 10.9. The van der Waals surface area contributed by atoms with Gasteiger partial charge in [-0.1, -0.05) is 31.2 Å². The second-order valence-corrected chi connectivity index (χ2v) is 4.13. The second kappa shape index (κ2) is 11.7. The fourth-order valence-corrected chi connectivity index (χ4v) is 1.49. The summed E-state index contributed by atoms with van der Waals surface area (Å²) in [6, 6.07) is 0. The third kappa shape index (κ3) is 7.87. The third-order valence-corrected chi connectivity index (χ3v) is 2.70. The summed E-state index contributed by atoms with van der Waals surface area (Å²) in [5.74, 6) is -0.0257. The van der Waals surface area contributed by atoms with E-state index in [-0.39, 0.29) is 5.92 Å². The molecule has 0 aromatic carbocycles. The standard InChI is InChI=1S/C16H18O4/c1-14(16(13-20)7-3-5-11-18)8-9-15(12-19)6-2-4-10-17/h2-7,10-14H,8-9H2,1H3/b4-2-,5-3-,15-6-,16-7+. The van der Waals surface area contributed by atoms with Gasteiger partial charge < -0.3 is 0 Å². The maximum Gasteiger partial charge on any atom is 0.146 e. The van der Waals surface area contributed by atoms with Gasteiger partial charge in [0.05, 0.1) is 0 Å². The Bertz CT molecular complexity index is 453. The maximum absolute atomic E-state index is 10.9. The van der Waals surface area contributed by atoms with Crippen molar-refractivity contribution in [2.75, 3.05) is 0 Å². The lowest BCUT2D eigenvalue weighted by atomic mass is 9.94. The summed E-state index contributed by atoms with van der Waals surface area (Å²) in [5.41, 5.74) is 1.13. The average molecular weight is 274 g/mol. The SMILES string of the molecule is CC(CC/C(C=O)=C/C=C\C=O)/C(C=O)=C/C=C\C=O. The minimum Gasteiger partial charge on any atom is -0.299 e. The molecule has 0 radical (unpaired) electrons. The van der Waals surface area contributed by atoms with Crippen LogP contribution in [0, 0.1) is 5.92 Å². The smallest absolute Gasteiger partial charge is 0.146 e. The van der Waals surface area contributed by atoms with Crippen molar-refractivity contribution in [2.24, 2.45) is 5.92 Å². The number of carbonyl (C=O) groups excluding carboxylic acids is 4. The Balaban J connectivity index is 4.60. The van der Waals surface area contributed by atoms with Crippen molar-refractivity contribution in [2.45, 2.75) is 19.8 Å². The van der Waals surface area contributed by atoms with Crippen molar-refractivity contribution >= 4 is 25.1 Å². The fourth-order valence-electron chi connectivity index (χ4n) is 1.49. The first-order chi connectivity index (χ1) is 9.69. The summed E-state index contributed by atoms with van der Waals surface area (Å²) in [6.45, 7) is 1.87. The van der Waals surface area contributed by atoms with Crippen LogP contribution in [0.5, 0.6) is 0 Å². The molecule has 0 N–H and O–H groups in total. The van der Waals surface area contributed by atoms with Crippen LogP contribution < -0.4 is 0 Å². The minimum atomic E-state index is -0.0257. The van der Waals surface area contributed by atoms with Crippen LogP contribution in [0.4, 0.5) is 0 Å². The van der Waals surface area contributed by atoms with E-state index in [1.807, 2.05) is 6.92 Å². The van der Waals surface area contributed by atoms with Gasteiger partial charge in [-0.2, -0.15) is 0 Å². The van der Waals surface area contributed by atoms with E-state index in [0.29, 0.717) is 36.6 Å². The van der Waals surface area contributed by atoms with Gasteiger partial charge in [-0.3, -0.25) is 19.2 Å². The zero-order valence-electron chi connectivity index (χ0n) is 11.4. The average Bonchev–Trinajstić information content (AvgIpc) is 2.47. The Morgan fingerprint density at radius 1 is 0.850 bits per heavy atom. The van der Waals surface area contributed by atoms with E-state index in [9.17, 15) is 19.2 Å². The second-order valence-electron chi connectivity index (χ2n) is 4.13. The first-order valence-electron chi connectivity index (χ1n) is 6.23. The number of rotatable bonds is 10. The predicted octanol–water partition coefficient (Wildman–Crippen LogP) is 2.16. The molecule has 0 aliphatic heterocycles. The summed E-state index contributed by atoms with van der Waals surface area (Å²) in [6.07, 6.45) is 12.7. The van der Waals surface area contributed by atoms with Gasteiger partial charge in [0, 0.05) is 0 Å². The molecule has 0 rings (SSSR count). The predicted molar refractivity (Wildman–Crippen MR) is 77.1 cm³/mol. The van der Waals surface area contributed by atoms with E-state index in [4.69, 9.17) is 0 Å². The van der Waals surface area contributed by atoms with E-state index in [0.717, 1.165) is 12.6 Å². The van der Waals surface area contributed by atoms with E-state index in [1.165, 1.54) is 24.3 Å². The topological polar surface area (TPSA) is 68.3 Å². The molecule has 0 saturated heterocycles. The Morgan fingerprint density at radius 3 is 1.95 bits per heavy atom. The molecule has 0 aromatic heterocycles. The van der Waals surface area contributed by atoms with Crippen LogP contribution in [-0.2, 0) is 19.2 Å². The molecule has 4 nitrogen and oxygen atoms in total. The molecule has 0 aliphatic rings. The quantitative estimate of drug-likeness (QED) is 0.348. The lowest BCUT2D eigenvalue weighted by Gasteiger charge is -2.10. The summed E-state index contributed by atoms with van der Waals surface area (Å²) in [4.78, 5) is 42.0. The number of hydrogen-bond acceptors (Lipinski definition) is 4. The monoisotopic (exact) mass is 274 g/mol. The first kappa shape index (κ1) is 17.6. The Labute approximate surface area is 118 Å². The summed E-state index contributed by atoms with van der Waals surface area (Å²) >= 11 is 0. The van der Waals surface area contributed by atoms with E-state index in [2.05, 4.69) is 0 Å². The minimum absolute atomic E-state index is 0.0257. The number of allylic oxidation sites excluding steroid dienone is 8. The van der Waals surface area contributed by atoms with E-state index in [1.54, 1.807) is 12.2 Å². The molecular weight excluding hydrogens is 256 g/mol. The molecule has 0 aromatic rings. The van der Waals surface area contributed by atoms with Crippen LogP contribution in [0.15, 0.2) is 47.6 Å². The molecule has 1 unspecified atom stereocenters. The first-order valence-corrected chi connectivity index (χ1v) is 6.23. The molecular formula is C16H18O4. The van der Waals surface area contributed by atoms with Crippen molar-refractivity contribution in [3.05, 3.63) is 47.6 Å². The van der Waals surface area contributed by atoms with Crippen molar-refractivity contribution in [1.29, 1.82) is 0 Å². The molecule has 0 amide bonds. The van der Waals surface area contributed by atoms with E-state index < -0.39 is 0 Å². The van der Waals surface area contributed by atoms with Crippen molar-refractivity contribution in [3.63, 3.8) is 0 Å². The zero-order chi connectivity index (χ0) is 15.2. The molecule has 0 heterocycles. The Kier molecular flexibility index (Phi) is 10.3. The summed E-state index contributed by atoms with van der Waals surface area (Å²) in [5, 5.41) is 0. The highest BCUT2D eigenvalue weighted by Gasteiger charge is 2.08. The third-order valence-electron chi connectivity index (χ3n) is 2.70. The summed E-state index contributed by atoms with van der Waals surface area (Å²) < 4.78 is 0. The van der Waals surface area contributed by atoms with Crippen LogP contribution in [0.3, 0.4) is 0 Å². The van der Waals surface area contributed by atoms with Gasteiger partial charge in [0.1, 0.15) is 25.1 Å². The molecule has 20 heavy (non-hydrogen) atoms. The highest BCUT2D eigenvalue weighted by molar-refractivity contribution is 5.76. The number of carbonyl (C=O) groups is 4. The number of aldehydes is 4. The molecule has 4 heteroatoms. The lowest BCUT2D eigenvalue weighted by molar-refractivity contribution is -0.105. The van der Waals surface area contributed by atoms with Gasteiger partial charge in [-0.05, 0) is 42.1 Å². The molecule has 0 aliphatic carbocycles. The van der Waals surface area contributed by atoms with Crippen LogP contribution in [0.1, 0.15) is 19.8 Å². The molecule has 1 atom stereocenters. The number of hydrogen-bond donors (Lipinski definition) is 0. The largest absolute Gasteiger partial charge is 0.299 e. The molecule has 0 bridgehead atoms. The lowest BCUT2D eigenvalue weighted by Crippen LogP contribution is -2.02. The Morgan fingerprint density at radius 2 is 1.45 bits per heavy atom. The zero-order valence-corrected chi connectivity index (χ0v) is 11.4. The highest BCUT2D eigenvalue weighted by atomic mass is 16.1. The molecule has 0 saturated carbocycles. The van der Waals surface area contributed by atoms with Gasteiger partial charge in [0.25, 0.3) is 0 Å². The van der Waals surface area contributed by atoms with Gasteiger partial charge in [-0.15, -0.1) is 0 Å². The van der Waals surface area contributed by atoms with Gasteiger partial charge >= 0.3 is 0 Å². The van der Waals surface area contributed by atoms with Crippen molar-refractivity contribution < 1.29 is 19.2 Å². The van der Waals surface area contributed by atoms with Crippen LogP contribution >= 0.6 is 0 Å². The normalized spacial score (nSPS) is 14.4. The summed E-state index contributed by atoms with van der Waals surface area (Å²) in [7, 11) is 0. The van der Waals surface area contributed by atoms with Crippen molar-refractivity contribution in [1.82, 2.24) is 0 Å². The fraction of sp³-hybridized carbons (Fsp3) is 0.250. The van der Waals surface area contributed by atoms with Crippen LogP contribution in [0.25, 0.3) is 0 Å².